The van der Waals surface area contributed by atoms with E-state index in [1.807, 2.05) is 39.8 Å². The molecule has 35 heavy (non-hydrogen) atoms. The Bertz CT molecular complexity index is 1260. The molecule has 0 fully saturated rings. The molecule has 0 aromatic heterocycles. The summed E-state index contributed by atoms with van der Waals surface area (Å²) in [6.07, 6.45) is 0.669. The van der Waals surface area contributed by atoms with E-state index in [1.165, 1.54) is 24.3 Å². The highest BCUT2D eigenvalue weighted by molar-refractivity contribution is 7.92. The minimum absolute atomic E-state index is 0.0463. The third-order valence-corrected chi connectivity index (χ3v) is 7.71. The molecule has 0 aliphatic heterocycles. The fourth-order valence-corrected chi connectivity index (χ4v) is 5.46. The van der Waals surface area contributed by atoms with Gasteiger partial charge in [0.2, 0.25) is 5.91 Å². The Morgan fingerprint density at radius 2 is 1.66 bits per heavy atom. The van der Waals surface area contributed by atoms with Crippen LogP contribution in [0.2, 0.25) is 5.02 Å². The minimum atomic E-state index is -4.04. The van der Waals surface area contributed by atoms with E-state index in [-0.39, 0.29) is 17.5 Å². The summed E-state index contributed by atoms with van der Waals surface area (Å²) in [7, 11) is -4.04. The molecule has 8 heteroatoms. The molecule has 3 aromatic carbocycles. The molecule has 0 aliphatic carbocycles. The third kappa shape index (κ3) is 6.55. The molecular weight excluding hydrogens is 484 g/mol. The van der Waals surface area contributed by atoms with Crippen LogP contribution in [-0.2, 0) is 14.8 Å². The van der Waals surface area contributed by atoms with Crippen molar-refractivity contribution in [2.24, 2.45) is 0 Å². The number of halogens is 1. The van der Waals surface area contributed by atoms with Gasteiger partial charge in [-0.3, -0.25) is 9.10 Å². The van der Waals surface area contributed by atoms with E-state index in [1.54, 1.807) is 24.3 Å². The summed E-state index contributed by atoms with van der Waals surface area (Å²) in [6.45, 7) is 8.00. The maximum Gasteiger partial charge on any atom is 0.264 e. The lowest BCUT2D eigenvalue weighted by Gasteiger charge is -2.26. The molecular formula is C27H31ClN2O4S. The summed E-state index contributed by atoms with van der Waals surface area (Å²) in [5, 5.41) is 3.44. The lowest BCUT2D eigenvalue weighted by Crippen LogP contribution is -2.42. The fourth-order valence-electron chi connectivity index (χ4n) is 3.91. The second kappa shape index (κ2) is 11.6. The molecule has 0 saturated carbocycles. The highest BCUT2D eigenvalue weighted by atomic mass is 35.5. The zero-order chi connectivity index (χ0) is 25.6. The van der Waals surface area contributed by atoms with Gasteiger partial charge in [-0.1, -0.05) is 42.3 Å². The van der Waals surface area contributed by atoms with Gasteiger partial charge < -0.3 is 10.1 Å². The van der Waals surface area contributed by atoms with E-state index in [0.29, 0.717) is 29.5 Å². The summed E-state index contributed by atoms with van der Waals surface area (Å²) in [5.74, 6) is 0.216. The van der Waals surface area contributed by atoms with Gasteiger partial charge in [-0.15, -0.1) is 0 Å². The molecule has 0 aliphatic rings. The van der Waals surface area contributed by atoms with Crippen LogP contribution >= 0.6 is 11.6 Å². The smallest absolute Gasteiger partial charge is 0.264 e. The Morgan fingerprint density at radius 3 is 2.23 bits per heavy atom. The van der Waals surface area contributed by atoms with Crippen molar-refractivity contribution in [1.29, 1.82) is 0 Å². The predicted octanol–water partition coefficient (Wildman–Crippen LogP) is 5.82. The lowest BCUT2D eigenvalue weighted by molar-refractivity contribution is -0.120. The first kappa shape index (κ1) is 26.6. The number of ether oxygens (including phenoxy) is 1. The van der Waals surface area contributed by atoms with Crippen LogP contribution in [0, 0.1) is 13.8 Å². The van der Waals surface area contributed by atoms with E-state index in [4.69, 9.17) is 16.3 Å². The molecule has 1 unspecified atom stereocenters. The van der Waals surface area contributed by atoms with Crippen molar-refractivity contribution in [3.8, 4) is 5.75 Å². The largest absolute Gasteiger partial charge is 0.494 e. The molecule has 0 saturated heterocycles. The number of carbonyl (C=O) groups is 1. The molecule has 1 N–H and O–H groups in total. The second-order valence-corrected chi connectivity index (χ2v) is 10.6. The number of hydrogen-bond donors (Lipinski definition) is 1. The molecule has 1 atom stereocenters. The number of aryl methyl sites for hydroxylation is 2. The first-order valence-corrected chi connectivity index (χ1v) is 13.3. The van der Waals surface area contributed by atoms with Crippen LogP contribution in [0.1, 0.15) is 43.0 Å². The van der Waals surface area contributed by atoms with Crippen molar-refractivity contribution in [2.45, 2.75) is 45.1 Å². The zero-order valence-corrected chi connectivity index (χ0v) is 22.0. The number of amides is 1. The molecule has 186 valence electrons. The Kier molecular flexibility index (Phi) is 8.81. The molecule has 0 bridgehead atoms. The molecule has 3 rings (SSSR count). The van der Waals surface area contributed by atoms with E-state index in [0.717, 1.165) is 21.0 Å². The summed E-state index contributed by atoms with van der Waals surface area (Å²) < 4.78 is 33.7. The Balaban J connectivity index is 1.92. The van der Waals surface area contributed by atoms with Crippen molar-refractivity contribution < 1.29 is 17.9 Å². The van der Waals surface area contributed by atoms with E-state index in [9.17, 15) is 13.2 Å². The van der Waals surface area contributed by atoms with Gasteiger partial charge in [-0.05, 0) is 86.8 Å². The Hall–Kier alpha value is -3.03. The minimum Gasteiger partial charge on any atom is -0.494 e. The van der Waals surface area contributed by atoms with Crippen molar-refractivity contribution in [2.75, 3.05) is 17.5 Å². The standard InChI is InChI=1S/C27H31ClN2O4S/c1-5-26(25-16-7-19(3)17-20(25)4)29-27(31)18-30(22-10-12-23(13-11-22)34-6-2)35(32,33)24-14-8-21(28)9-15-24/h7-17,26H,5-6,18H2,1-4H3,(H,29,31). The Morgan fingerprint density at radius 1 is 1.00 bits per heavy atom. The summed E-state index contributed by atoms with van der Waals surface area (Å²) >= 11 is 5.96. The highest BCUT2D eigenvalue weighted by Crippen LogP contribution is 2.27. The molecule has 3 aromatic rings. The van der Waals surface area contributed by atoms with Crippen LogP contribution in [0.4, 0.5) is 5.69 Å². The van der Waals surface area contributed by atoms with Gasteiger partial charge >= 0.3 is 0 Å². The quantitative estimate of drug-likeness (QED) is 0.370. The summed E-state index contributed by atoms with van der Waals surface area (Å²) in [4.78, 5) is 13.2. The average molecular weight is 515 g/mol. The van der Waals surface area contributed by atoms with Gasteiger partial charge in [0.15, 0.2) is 0 Å². The van der Waals surface area contributed by atoms with Gasteiger partial charge in [-0.2, -0.15) is 0 Å². The molecule has 0 spiro atoms. The van der Waals surface area contributed by atoms with Gasteiger partial charge in [0, 0.05) is 5.02 Å². The Labute approximate surface area is 212 Å². The number of hydrogen-bond acceptors (Lipinski definition) is 4. The molecule has 0 radical (unpaired) electrons. The number of rotatable bonds is 10. The first-order valence-electron chi connectivity index (χ1n) is 11.5. The molecule has 6 nitrogen and oxygen atoms in total. The third-order valence-electron chi connectivity index (χ3n) is 5.67. The van der Waals surface area contributed by atoms with Gasteiger partial charge in [-0.25, -0.2) is 8.42 Å². The van der Waals surface area contributed by atoms with Crippen molar-refractivity contribution in [1.82, 2.24) is 5.32 Å². The van der Waals surface area contributed by atoms with Crippen LogP contribution in [0.15, 0.2) is 71.6 Å². The van der Waals surface area contributed by atoms with Crippen LogP contribution < -0.4 is 14.4 Å². The topological polar surface area (TPSA) is 75.7 Å². The number of carbonyl (C=O) groups excluding carboxylic acids is 1. The number of benzene rings is 3. The van der Waals surface area contributed by atoms with E-state index in [2.05, 4.69) is 11.4 Å². The summed E-state index contributed by atoms with van der Waals surface area (Å²) in [6, 6.07) is 18.4. The SMILES string of the molecule is CCOc1ccc(N(CC(=O)NC(CC)c2ccc(C)cc2C)S(=O)(=O)c2ccc(Cl)cc2)cc1. The van der Waals surface area contributed by atoms with Crippen molar-refractivity contribution >= 4 is 33.2 Å². The number of nitrogens with one attached hydrogen (secondary N) is 1. The normalized spacial score (nSPS) is 12.1. The highest BCUT2D eigenvalue weighted by Gasteiger charge is 2.28. The van der Waals surface area contributed by atoms with E-state index < -0.39 is 15.9 Å². The van der Waals surface area contributed by atoms with Crippen molar-refractivity contribution in [3.05, 3.63) is 88.4 Å². The first-order chi connectivity index (χ1) is 16.6. The van der Waals surface area contributed by atoms with Gasteiger partial charge in [0.1, 0.15) is 12.3 Å². The average Bonchev–Trinajstić information content (AvgIpc) is 2.82. The number of anilines is 1. The number of nitrogens with zero attached hydrogens (tertiary/aromatic N) is 1. The second-order valence-electron chi connectivity index (χ2n) is 8.28. The zero-order valence-electron chi connectivity index (χ0n) is 20.4. The summed E-state index contributed by atoms with van der Waals surface area (Å²) in [5.41, 5.74) is 3.59. The van der Waals surface area contributed by atoms with E-state index >= 15 is 0 Å². The maximum absolute atomic E-state index is 13.6. The molecule has 0 heterocycles. The van der Waals surface area contributed by atoms with Crippen LogP contribution in [0.25, 0.3) is 0 Å². The van der Waals surface area contributed by atoms with Gasteiger partial charge in [0.05, 0.1) is 23.2 Å². The van der Waals surface area contributed by atoms with Gasteiger partial charge in [0.25, 0.3) is 10.0 Å². The monoisotopic (exact) mass is 514 g/mol. The fraction of sp³-hybridized carbons (Fsp3) is 0.296. The lowest BCUT2D eigenvalue weighted by atomic mass is 9.97. The van der Waals surface area contributed by atoms with Crippen LogP contribution in [0.5, 0.6) is 5.75 Å². The maximum atomic E-state index is 13.6. The molecule has 1 amide bonds. The number of sulfonamides is 1. The van der Waals surface area contributed by atoms with Crippen LogP contribution in [-0.4, -0.2) is 27.5 Å². The predicted molar refractivity (Wildman–Crippen MR) is 141 cm³/mol. The van der Waals surface area contributed by atoms with Crippen LogP contribution in [0.3, 0.4) is 0 Å². The van der Waals surface area contributed by atoms with Crippen molar-refractivity contribution in [3.63, 3.8) is 0 Å².